The molecule has 1 aliphatic heterocycles. The summed E-state index contributed by atoms with van der Waals surface area (Å²) in [5.74, 6) is 0. The van der Waals surface area contributed by atoms with Gasteiger partial charge in [-0.2, -0.15) is 0 Å². The maximum atomic E-state index is 5.29. The van der Waals surface area contributed by atoms with Crippen molar-refractivity contribution in [3.63, 3.8) is 0 Å². The van der Waals surface area contributed by atoms with Crippen molar-refractivity contribution in [2.75, 3.05) is 102 Å². The van der Waals surface area contributed by atoms with Gasteiger partial charge in [-0.05, 0) is 0 Å². The standard InChI is InChI=1S/C18H45N9O6P3/c1-28-13-7-19-34(20-8-14-29-2)25-35(21-9-15-30-3,22-10-16-31-4)27-36(26-34,23-11-17-32-5)24-12-18-33-6/h7,9,11,20,22,24-27H,8,10,12-18H2,1-6H3/q+3. The van der Waals surface area contributed by atoms with Crippen LogP contribution in [0.25, 0.3) is 0 Å². The summed E-state index contributed by atoms with van der Waals surface area (Å²) in [7, 11) is 1.70. The van der Waals surface area contributed by atoms with E-state index in [4.69, 9.17) is 42.7 Å². The number of ether oxygens (including phenoxy) is 6. The molecule has 1 heterocycles. The van der Waals surface area contributed by atoms with E-state index in [0.29, 0.717) is 59.3 Å². The van der Waals surface area contributed by atoms with Gasteiger partial charge in [0, 0.05) is 57.2 Å². The first kappa shape index (κ1) is 33.8. The lowest BCUT2D eigenvalue weighted by molar-refractivity contribution is 0.204. The molecular weight excluding hydrogens is 531 g/mol. The largest absolute Gasteiger partial charge is 0.422 e. The summed E-state index contributed by atoms with van der Waals surface area (Å²) in [6.45, 7) is 4.10. The Morgan fingerprint density at radius 2 is 0.778 bits per heavy atom. The summed E-state index contributed by atoms with van der Waals surface area (Å²) in [6.07, 6.45) is 5.18. The van der Waals surface area contributed by atoms with Crippen LogP contribution in [0.3, 0.4) is 0 Å². The first-order valence-corrected chi connectivity index (χ1v) is 16.6. The Hall–Kier alpha value is -0.180. The Morgan fingerprint density at radius 3 is 1.00 bits per heavy atom. The normalized spacial score (nSPS) is 27.2. The van der Waals surface area contributed by atoms with Crippen LogP contribution in [0.1, 0.15) is 0 Å². The fraction of sp³-hybridized carbons (Fsp3) is 0.833. The minimum Gasteiger partial charge on any atom is -0.383 e. The zero-order valence-electron chi connectivity index (χ0n) is 22.2. The van der Waals surface area contributed by atoms with Gasteiger partial charge < -0.3 is 28.4 Å². The van der Waals surface area contributed by atoms with Crippen molar-refractivity contribution in [2.24, 2.45) is 14.3 Å². The monoisotopic (exact) mass is 576 g/mol. The molecule has 18 heteroatoms. The number of hydrogen-bond donors (Lipinski definition) is 6. The van der Waals surface area contributed by atoms with Crippen molar-refractivity contribution in [2.45, 2.75) is 0 Å². The van der Waals surface area contributed by atoms with Crippen LogP contribution < -0.4 is 29.8 Å². The lowest BCUT2D eigenvalue weighted by Gasteiger charge is -2.34. The Kier molecular flexibility index (Phi) is 18.6. The molecule has 0 amide bonds. The van der Waals surface area contributed by atoms with Crippen molar-refractivity contribution in [1.29, 1.82) is 0 Å². The number of methoxy groups -OCH3 is 6. The van der Waals surface area contributed by atoms with Gasteiger partial charge in [0.1, 0.15) is 0 Å². The van der Waals surface area contributed by atoms with E-state index in [-0.39, 0.29) is 0 Å². The van der Waals surface area contributed by atoms with Gasteiger partial charge in [0.15, 0.2) is 0 Å². The number of rotatable bonds is 21. The molecule has 1 aliphatic rings. The van der Waals surface area contributed by atoms with E-state index in [1.54, 1.807) is 61.3 Å². The number of nitrogens with zero attached hydrogens (tertiary/aromatic N) is 3. The summed E-state index contributed by atoms with van der Waals surface area (Å²) < 4.78 is 46.3. The third kappa shape index (κ3) is 12.6. The third-order valence-electron chi connectivity index (χ3n) is 4.30. The summed E-state index contributed by atoms with van der Waals surface area (Å²) in [5, 5.41) is 10.6. The molecule has 6 N–H and O–H groups in total. The van der Waals surface area contributed by atoms with Gasteiger partial charge >= 0.3 is 23.6 Å². The molecule has 0 saturated carbocycles. The minimum absolute atomic E-state index is 0.343. The second-order valence-corrected chi connectivity index (χ2v) is 15.0. The molecule has 0 aromatic rings. The number of hydrogen-bond acceptors (Lipinski definition) is 15. The fourth-order valence-corrected chi connectivity index (χ4v) is 14.9. The third-order valence-corrected chi connectivity index (χ3v) is 14.8. The molecule has 0 spiro atoms. The predicted molar refractivity (Wildman–Crippen MR) is 151 cm³/mol. The molecule has 210 valence electrons. The molecule has 0 unspecified atom stereocenters. The maximum absolute atomic E-state index is 5.29. The van der Waals surface area contributed by atoms with Crippen molar-refractivity contribution < 1.29 is 28.4 Å². The Morgan fingerprint density at radius 1 is 0.500 bits per heavy atom. The Labute approximate surface area is 217 Å². The summed E-state index contributed by atoms with van der Waals surface area (Å²) in [4.78, 5) is 11.0. The molecule has 1 fully saturated rings. The van der Waals surface area contributed by atoms with Gasteiger partial charge in [0.25, 0.3) is 0 Å². The van der Waals surface area contributed by atoms with E-state index in [2.05, 4.69) is 29.8 Å². The maximum Gasteiger partial charge on any atom is 0.422 e. The molecular formula is C18H45N9O6P3+3. The van der Waals surface area contributed by atoms with Gasteiger partial charge in [0.05, 0.1) is 77.9 Å². The molecule has 15 nitrogen and oxygen atoms in total. The van der Waals surface area contributed by atoms with Crippen LogP contribution in [0.4, 0.5) is 0 Å². The first-order valence-electron chi connectivity index (χ1n) is 11.4. The van der Waals surface area contributed by atoms with E-state index >= 15 is 0 Å². The fourth-order valence-electron chi connectivity index (χ4n) is 2.80. The second-order valence-electron chi connectivity index (χ2n) is 7.17. The SMILES string of the molecule is COCC=N[P+]1(NCCOC)N[P+](N=CCOC)(NCCOC)N[P+](N=CCOC)(NCCOC)N1. The van der Waals surface area contributed by atoms with Gasteiger partial charge in [-0.1, -0.05) is 14.3 Å². The van der Waals surface area contributed by atoms with Crippen LogP contribution in [0.5, 0.6) is 0 Å². The lowest BCUT2D eigenvalue weighted by atomic mass is 10.7. The van der Waals surface area contributed by atoms with Gasteiger partial charge in [0.2, 0.25) is 0 Å². The van der Waals surface area contributed by atoms with E-state index in [9.17, 15) is 0 Å². The van der Waals surface area contributed by atoms with Crippen molar-refractivity contribution in [1.82, 2.24) is 29.8 Å². The van der Waals surface area contributed by atoms with Crippen LogP contribution >= 0.6 is 23.6 Å². The summed E-state index contributed by atoms with van der Waals surface area (Å²) >= 11 is 0. The van der Waals surface area contributed by atoms with E-state index in [1.165, 1.54) is 0 Å². The van der Waals surface area contributed by atoms with Crippen molar-refractivity contribution >= 4 is 42.2 Å². The van der Waals surface area contributed by atoms with E-state index in [1.807, 2.05) is 0 Å². The zero-order chi connectivity index (χ0) is 26.6. The highest BCUT2D eigenvalue weighted by molar-refractivity contribution is 7.98. The Bertz CT molecular complexity index is 574. The van der Waals surface area contributed by atoms with E-state index in [0.717, 1.165) is 0 Å². The summed E-state index contributed by atoms with van der Waals surface area (Å²) in [5.41, 5.74) is 0. The van der Waals surface area contributed by atoms with Crippen LogP contribution in [-0.2, 0) is 28.4 Å². The molecule has 0 atom stereocenters. The quantitative estimate of drug-likeness (QED) is 0.0644. The highest BCUT2D eigenvalue weighted by atomic mass is 31.3. The molecule has 1 saturated heterocycles. The Balaban J connectivity index is 3.62. The summed E-state index contributed by atoms with van der Waals surface area (Å²) in [6, 6.07) is 0. The van der Waals surface area contributed by atoms with Gasteiger partial charge in [-0.25, -0.2) is 0 Å². The van der Waals surface area contributed by atoms with Crippen molar-refractivity contribution in [3.8, 4) is 0 Å². The number of nitrogens with one attached hydrogen (secondary N) is 6. The van der Waals surface area contributed by atoms with Crippen LogP contribution in [0.15, 0.2) is 14.3 Å². The molecule has 0 aliphatic carbocycles. The molecule has 1 rings (SSSR count). The van der Waals surface area contributed by atoms with Gasteiger partial charge in [-0.3, -0.25) is 0 Å². The predicted octanol–water partition coefficient (Wildman–Crippen LogP) is 0.661. The molecule has 0 aromatic heterocycles. The van der Waals surface area contributed by atoms with Gasteiger partial charge in [-0.15, -0.1) is 15.3 Å². The van der Waals surface area contributed by atoms with Crippen LogP contribution in [-0.4, -0.2) is 121 Å². The molecule has 0 aromatic carbocycles. The van der Waals surface area contributed by atoms with Crippen LogP contribution in [0.2, 0.25) is 0 Å². The minimum atomic E-state index is -2.71. The topological polar surface area (TPSA) is 165 Å². The molecule has 36 heavy (non-hydrogen) atoms. The lowest BCUT2D eigenvalue weighted by Crippen LogP contribution is -2.53. The molecule has 0 radical (unpaired) electrons. The smallest absolute Gasteiger partial charge is 0.383 e. The second kappa shape index (κ2) is 19.8. The molecule has 0 bridgehead atoms. The highest BCUT2D eigenvalue weighted by Gasteiger charge is 2.73. The van der Waals surface area contributed by atoms with Crippen LogP contribution in [0, 0.1) is 0 Å². The highest BCUT2D eigenvalue weighted by Crippen LogP contribution is 2.77. The average molecular weight is 577 g/mol. The van der Waals surface area contributed by atoms with Crippen molar-refractivity contribution in [3.05, 3.63) is 0 Å². The zero-order valence-corrected chi connectivity index (χ0v) is 24.9. The first-order chi connectivity index (χ1) is 17.5. The van der Waals surface area contributed by atoms with E-state index < -0.39 is 23.6 Å². The average Bonchev–Trinajstić information content (AvgIpc) is 2.85.